The van der Waals surface area contributed by atoms with Gasteiger partial charge < -0.3 is 4.74 Å². The van der Waals surface area contributed by atoms with Gasteiger partial charge in [-0.1, -0.05) is 60.4 Å². The third-order valence-electron chi connectivity index (χ3n) is 2.84. The van der Waals surface area contributed by atoms with Crippen molar-refractivity contribution in [2.75, 3.05) is 7.11 Å². The highest BCUT2D eigenvalue weighted by atomic mass is 16.5. The van der Waals surface area contributed by atoms with Gasteiger partial charge in [0, 0.05) is 5.56 Å². The molecule has 0 spiro atoms. The molecule has 0 amide bonds. The fraction of sp³-hybridized carbons (Fsp3) is 0.0526. The number of hydrogen-bond acceptors (Lipinski definition) is 3. The van der Waals surface area contributed by atoms with Crippen LogP contribution in [0.25, 0.3) is 6.08 Å². The van der Waals surface area contributed by atoms with Gasteiger partial charge in [-0.3, -0.25) is 4.79 Å². The molecular weight excluding hydrogens is 276 g/mol. The highest BCUT2D eigenvalue weighted by Crippen LogP contribution is 2.08. The molecule has 2 aromatic rings. The molecule has 0 fully saturated rings. The van der Waals surface area contributed by atoms with Crippen molar-refractivity contribution in [1.29, 1.82) is 0 Å². The van der Waals surface area contributed by atoms with Gasteiger partial charge >= 0.3 is 5.97 Å². The number of benzene rings is 2. The highest BCUT2D eigenvalue weighted by Gasteiger charge is 2.18. The SMILES string of the molecule is COC(=O)C(=O)C(C#Cc1ccccc1)=Cc1ccccc1. The second-order valence-electron chi connectivity index (χ2n) is 4.41. The van der Waals surface area contributed by atoms with Crippen molar-refractivity contribution in [2.24, 2.45) is 0 Å². The second-order valence-corrected chi connectivity index (χ2v) is 4.41. The molecule has 2 aromatic carbocycles. The minimum atomic E-state index is -0.926. The predicted octanol–water partition coefficient (Wildman–Crippen LogP) is 2.86. The Hall–Kier alpha value is -3.12. The number of ether oxygens (including phenoxy) is 1. The fourth-order valence-corrected chi connectivity index (χ4v) is 1.74. The van der Waals surface area contributed by atoms with E-state index >= 15 is 0 Å². The van der Waals surface area contributed by atoms with Crippen molar-refractivity contribution >= 4 is 17.8 Å². The number of hydrogen-bond donors (Lipinski definition) is 0. The van der Waals surface area contributed by atoms with Gasteiger partial charge in [0.2, 0.25) is 0 Å². The molecule has 0 aliphatic carbocycles. The first-order chi connectivity index (χ1) is 10.7. The lowest BCUT2D eigenvalue weighted by atomic mass is 10.1. The maximum atomic E-state index is 12.1. The van der Waals surface area contributed by atoms with Crippen LogP contribution in [0.5, 0.6) is 0 Å². The van der Waals surface area contributed by atoms with E-state index in [1.807, 2.05) is 60.7 Å². The van der Waals surface area contributed by atoms with Crippen LogP contribution in [0.4, 0.5) is 0 Å². The van der Waals surface area contributed by atoms with Gasteiger partial charge in [0.15, 0.2) is 0 Å². The molecule has 0 saturated carbocycles. The predicted molar refractivity (Wildman–Crippen MR) is 84.8 cm³/mol. The Morgan fingerprint density at radius 1 is 0.955 bits per heavy atom. The molecule has 108 valence electrons. The van der Waals surface area contributed by atoms with Crippen molar-refractivity contribution in [3.8, 4) is 11.8 Å². The number of rotatable bonds is 3. The average Bonchev–Trinajstić information content (AvgIpc) is 2.59. The lowest BCUT2D eigenvalue weighted by molar-refractivity contribution is -0.149. The van der Waals surface area contributed by atoms with Crippen LogP contribution in [-0.4, -0.2) is 18.9 Å². The average molecular weight is 290 g/mol. The summed E-state index contributed by atoms with van der Waals surface area (Å²) in [6.07, 6.45) is 1.58. The Balaban J connectivity index is 2.39. The van der Waals surface area contributed by atoms with Gasteiger partial charge in [0.25, 0.3) is 5.78 Å². The first kappa shape index (κ1) is 15.3. The summed E-state index contributed by atoms with van der Waals surface area (Å²) in [6.45, 7) is 0. The van der Waals surface area contributed by atoms with E-state index in [-0.39, 0.29) is 5.57 Å². The zero-order valence-electron chi connectivity index (χ0n) is 12.1. The summed E-state index contributed by atoms with van der Waals surface area (Å²) in [5.41, 5.74) is 1.65. The van der Waals surface area contributed by atoms with Gasteiger partial charge in [-0.2, -0.15) is 0 Å². The maximum absolute atomic E-state index is 12.1. The van der Waals surface area contributed by atoms with E-state index in [2.05, 4.69) is 16.6 Å². The molecule has 0 aliphatic rings. The molecule has 3 heteroatoms. The zero-order chi connectivity index (χ0) is 15.8. The summed E-state index contributed by atoms with van der Waals surface area (Å²) in [4.78, 5) is 23.5. The molecule has 0 N–H and O–H groups in total. The lowest BCUT2D eigenvalue weighted by Gasteiger charge is -1.99. The van der Waals surface area contributed by atoms with Gasteiger partial charge in [-0.05, 0) is 23.8 Å². The summed E-state index contributed by atoms with van der Waals surface area (Å²) >= 11 is 0. The van der Waals surface area contributed by atoms with Crippen LogP contribution >= 0.6 is 0 Å². The molecule has 22 heavy (non-hydrogen) atoms. The first-order valence-electron chi connectivity index (χ1n) is 6.67. The Morgan fingerprint density at radius 3 is 2.14 bits per heavy atom. The molecule has 0 unspecified atom stereocenters. The van der Waals surface area contributed by atoms with Crippen molar-refractivity contribution in [2.45, 2.75) is 0 Å². The van der Waals surface area contributed by atoms with Crippen LogP contribution in [0.3, 0.4) is 0 Å². The van der Waals surface area contributed by atoms with Crippen molar-refractivity contribution in [1.82, 2.24) is 0 Å². The standard InChI is InChI=1S/C19H14O3/c1-22-19(21)18(20)17(14-16-10-6-3-7-11-16)13-12-15-8-4-2-5-9-15/h2-11,14H,1H3. The number of carbonyl (C=O) groups is 2. The first-order valence-corrected chi connectivity index (χ1v) is 6.67. The van der Waals surface area contributed by atoms with Gasteiger partial charge in [-0.25, -0.2) is 4.79 Å². The van der Waals surface area contributed by atoms with E-state index in [1.54, 1.807) is 6.08 Å². The van der Waals surface area contributed by atoms with Crippen LogP contribution in [0.15, 0.2) is 66.2 Å². The summed E-state index contributed by atoms with van der Waals surface area (Å²) < 4.78 is 4.49. The van der Waals surface area contributed by atoms with E-state index in [9.17, 15) is 9.59 Å². The van der Waals surface area contributed by atoms with Crippen molar-refractivity contribution in [3.63, 3.8) is 0 Å². The topological polar surface area (TPSA) is 43.4 Å². The van der Waals surface area contributed by atoms with Gasteiger partial charge in [-0.15, -0.1) is 0 Å². The zero-order valence-corrected chi connectivity index (χ0v) is 12.1. The van der Waals surface area contributed by atoms with E-state index in [0.29, 0.717) is 0 Å². The number of methoxy groups -OCH3 is 1. The normalized spacial score (nSPS) is 10.3. The third kappa shape index (κ3) is 4.19. The molecule has 0 radical (unpaired) electrons. The minimum Gasteiger partial charge on any atom is -0.463 e. The monoisotopic (exact) mass is 290 g/mol. The summed E-state index contributed by atoms with van der Waals surface area (Å²) in [6, 6.07) is 18.5. The molecular formula is C19H14O3. The molecule has 0 atom stereocenters. The number of carbonyl (C=O) groups excluding carboxylic acids is 2. The van der Waals surface area contributed by atoms with Crippen LogP contribution in [-0.2, 0) is 14.3 Å². The second kappa shape index (κ2) is 7.61. The number of Topliss-reactive ketones (excluding diaryl/α,β-unsaturated/α-hetero) is 1. The van der Waals surface area contributed by atoms with E-state index in [4.69, 9.17) is 0 Å². The van der Waals surface area contributed by atoms with Crippen molar-refractivity contribution < 1.29 is 14.3 Å². The minimum absolute atomic E-state index is 0.0990. The van der Waals surface area contributed by atoms with Crippen LogP contribution < -0.4 is 0 Å². The third-order valence-corrected chi connectivity index (χ3v) is 2.84. The van der Waals surface area contributed by atoms with E-state index < -0.39 is 11.8 Å². The Bertz CT molecular complexity index is 748. The van der Waals surface area contributed by atoms with Crippen LogP contribution in [0.2, 0.25) is 0 Å². The molecule has 0 aliphatic heterocycles. The summed E-state index contributed by atoms with van der Waals surface area (Å²) in [7, 11) is 1.17. The van der Waals surface area contributed by atoms with E-state index in [0.717, 1.165) is 11.1 Å². The van der Waals surface area contributed by atoms with E-state index in [1.165, 1.54) is 7.11 Å². The molecule has 0 bridgehead atoms. The lowest BCUT2D eigenvalue weighted by Crippen LogP contribution is -2.17. The van der Waals surface area contributed by atoms with Gasteiger partial charge in [0.1, 0.15) is 0 Å². The molecule has 0 heterocycles. The molecule has 0 saturated heterocycles. The fourth-order valence-electron chi connectivity index (χ4n) is 1.74. The molecule has 2 rings (SSSR count). The molecule has 0 aromatic heterocycles. The highest BCUT2D eigenvalue weighted by molar-refractivity contribution is 6.42. The smallest absolute Gasteiger partial charge is 0.380 e. The van der Waals surface area contributed by atoms with Crippen LogP contribution in [0.1, 0.15) is 11.1 Å². The Kier molecular flexibility index (Phi) is 5.28. The summed E-state index contributed by atoms with van der Waals surface area (Å²) in [5, 5.41) is 0. The quantitative estimate of drug-likeness (QED) is 0.378. The Morgan fingerprint density at radius 2 is 1.55 bits per heavy atom. The van der Waals surface area contributed by atoms with Gasteiger partial charge in [0.05, 0.1) is 12.7 Å². The maximum Gasteiger partial charge on any atom is 0.380 e. The number of ketones is 1. The largest absolute Gasteiger partial charge is 0.463 e. The molecule has 3 nitrogen and oxygen atoms in total. The number of esters is 1. The van der Waals surface area contributed by atoms with Crippen LogP contribution in [0, 0.1) is 11.8 Å². The Labute approximate surface area is 129 Å². The summed E-state index contributed by atoms with van der Waals surface area (Å²) in [5.74, 6) is 3.96. The van der Waals surface area contributed by atoms with Crippen molar-refractivity contribution in [3.05, 3.63) is 77.4 Å².